The summed E-state index contributed by atoms with van der Waals surface area (Å²) in [6.45, 7) is 0.167. The number of aliphatic carboxylic acids is 1. The maximum atomic E-state index is 10.9. The lowest BCUT2D eigenvalue weighted by atomic mass is 10.1. The fraction of sp³-hybridized carbons (Fsp3) is 0.308. The van der Waals surface area contributed by atoms with Gasteiger partial charge in [0.2, 0.25) is 0 Å². The van der Waals surface area contributed by atoms with Gasteiger partial charge in [-0.25, -0.2) is 4.79 Å². The Morgan fingerprint density at radius 1 is 1.20 bits per heavy atom. The highest BCUT2D eigenvalue weighted by Crippen LogP contribution is 2.30. The number of hydrogen-bond acceptors (Lipinski definition) is 5. The number of unbranched alkanes of at least 4 members (excludes halogenated alkanes) is 1. The van der Waals surface area contributed by atoms with Gasteiger partial charge >= 0.3 is 11.9 Å². The van der Waals surface area contributed by atoms with Crippen molar-refractivity contribution in [1.29, 1.82) is 0 Å². The van der Waals surface area contributed by atoms with E-state index < -0.39 is 17.7 Å². The van der Waals surface area contributed by atoms with Crippen LogP contribution in [0.3, 0.4) is 0 Å². The van der Waals surface area contributed by atoms with Crippen molar-refractivity contribution in [2.75, 3.05) is 6.61 Å². The maximum absolute atomic E-state index is 10.9. The number of aromatic carboxylic acids is 1. The van der Waals surface area contributed by atoms with Gasteiger partial charge in [0.25, 0.3) is 0 Å². The number of carbonyl (C=O) groups is 3. The summed E-state index contributed by atoms with van der Waals surface area (Å²) in [6, 6.07) is 2.42. The van der Waals surface area contributed by atoms with Crippen LogP contribution < -0.4 is 4.74 Å². The van der Waals surface area contributed by atoms with E-state index in [2.05, 4.69) is 0 Å². The fourth-order valence-corrected chi connectivity index (χ4v) is 1.56. The molecule has 1 aromatic carbocycles. The van der Waals surface area contributed by atoms with Crippen molar-refractivity contribution in [3.63, 3.8) is 0 Å². The number of rotatable bonds is 8. The van der Waals surface area contributed by atoms with Gasteiger partial charge in [0.1, 0.15) is 17.1 Å². The fourth-order valence-electron chi connectivity index (χ4n) is 1.56. The van der Waals surface area contributed by atoms with E-state index in [0.717, 1.165) is 6.07 Å². The van der Waals surface area contributed by atoms with Gasteiger partial charge in [0.05, 0.1) is 12.2 Å². The Morgan fingerprint density at radius 2 is 1.90 bits per heavy atom. The Labute approximate surface area is 114 Å². The third-order valence-corrected chi connectivity index (χ3v) is 2.57. The summed E-state index contributed by atoms with van der Waals surface area (Å²) in [5.74, 6) is -2.82. The molecule has 0 fully saturated rings. The topological polar surface area (TPSA) is 121 Å². The Morgan fingerprint density at radius 3 is 2.45 bits per heavy atom. The van der Waals surface area contributed by atoms with Gasteiger partial charge < -0.3 is 20.1 Å². The molecule has 0 radical (unpaired) electrons. The summed E-state index contributed by atoms with van der Waals surface area (Å²) >= 11 is 0. The SMILES string of the molecule is O=Cc1c(OCCCCC(=O)O)ccc(C(=O)O)c1O. The van der Waals surface area contributed by atoms with Crippen LogP contribution in [0.4, 0.5) is 0 Å². The zero-order chi connectivity index (χ0) is 15.1. The van der Waals surface area contributed by atoms with Crippen LogP contribution in [-0.2, 0) is 4.79 Å². The van der Waals surface area contributed by atoms with Gasteiger partial charge in [-0.1, -0.05) is 0 Å². The summed E-state index contributed by atoms with van der Waals surface area (Å²) in [6.07, 6.45) is 1.22. The minimum Gasteiger partial charge on any atom is -0.506 e. The van der Waals surface area contributed by atoms with E-state index in [1.54, 1.807) is 0 Å². The molecule has 1 rings (SSSR count). The molecule has 0 bridgehead atoms. The molecule has 0 amide bonds. The molecule has 7 nitrogen and oxygen atoms in total. The van der Waals surface area contributed by atoms with Crippen molar-refractivity contribution in [3.05, 3.63) is 23.3 Å². The summed E-state index contributed by atoms with van der Waals surface area (Å²) in [5.41, 5.74) is -0.617. The first-order chi connectivity index (χ1) is 9.47. The summed E-state index contributed by atoms with van der Waals surface area (Å²) in [7, 11) is 0. The second kappa shape index (κ2) is 7.13. The number of carboxylic acids is 2. The van der Waals surface area contributed by atoms with Crippen LogP contribution >= 0.6 is 0 Å². The molecule has 108 valence electrons. The van der Waals surface area contributed by atoms with E-state index in [0.29, 0.717) is 19.1 Å². The molecular formula is C13H14O7. The van der Waals surface area contributed by atoms with Crippen LogP contribution in [0.15, 0.2) is 12.1 Å². The van der Waals surface area contributed by atoms with E-state index in [1.807, 2.05) is 0 Å². The second-order valence-corrected chi connectivity index (χ2v) is 4.00. The number of phenols is 1. The predicted octanol–water partition coefficient (Wildman–Crippen LogP) is 1.54. The summed E-state index contributed by atoms with van der Waals surface area (Å²) < 4.78 is 5.25. The minimum absolute atomic E-state index is 0.0209. The van der Waals surface area contributed by atoms with Crippen LogP contribution in [0.25, 0.3) is 0 Å². The van der Waals surface area contributed by atoms with Gasteiger partial charge in [-0.15, -0.1) is 0 Å². The van der Waals surface area contributed by atoms with Crippen molar-refractivity contribution >= 4 is 18.2 Å². The van der Waals surface area contributed by atoms with Crippen LogP contribution in [-0.4, -0.2) is 40.2 Å². The quantitative estimate of drug-likeness (QED) is 0.488. The number of aromatic hydroxyl groups is 1. The number of aldehydes is 1. The van der Waals surface area contributed by atoms with E-state index in [9.17, 15) is 19.5 Å². The molecule has 0 unspecified atom stereocenters. The first kappa shape index (κ1) is 15.5. The normalized spacial score (nSPS) is 10.0. The number of hydrogen-bond donors (Lipinski definition) is 3. The van der Waals surface area contributed by atoms with Crippen molar-refractivity contribution < 1.29 is 34.4 Å². The van der Waals surface area contributed by atoms with Crippen LogP contribution in [0.5, 0.6) is 11.5 Å². The zero-order valence-corrected chi connectivity index (χ0v) is 10.5. The molecule has 1 aromatic rings. The standard InChI is InChI=1S/C13H14O7/c14-7-9-10(20-6-2-1-3-11(15)16)5-4-8(12(9)17)13(18)19/h4-5,7,17H,1-3,6H2,(H,15,16)(H,18,19). The second-order valence-electron chi connectivity index (χ2n) is 4.00. The molecule has 0 aliphatic heterocycles. The predicted molar refractivity (Wildman–Crippen MR) is 67.4 cm³/mol. The molecule has 0 aliphatic rings. The number of carbonyl (C=O) groups excluding carboxylic acids is 1. The lowest BCUT2D eigenvalue weighted by Gasteiger charge is -2.10. The van der Waals surface area contributed by atoms with Crippen molar-refractivity contribution in [3.8, 4) is 11.5 Å². The Hall–Kier alpha value is -2.57. The first-order valence-electron chi connectivity index (χ1n) is 5.86. The highest BCUT2D eigenvalue weighted by Gasteiger charge is 2.17. The van der Waals surface area contributed by atoms with Gasteiger partial charge in [-0.05, 0) is 25.0 Å². The molecule has 0 atom stereocenters. The zero-order valence-electron chi connectivity index (χ0n) is 10.5. The van der Waals surface area contributed by atoms with Gasteiger partial charge in [-0.2, -0.15) is 0 Å². The number of benzene rings is 1. The Kier molecular flexibility index (Phi) is 5.52. The van der Waals surface area contributed by atoms with Crippen LogP contribution in [0.2, 0.25) is 0 Å². The Balaban J connectivity index is 2.71. The van der Waals surface area contributed by atoms with Crippen LogP contribution in [0.1, 0.15) is 40.0 Å². The number of ether oxygens (including phenoxy) is 1. The highest BCUT2D eigenvalue weighted by atomic mass is 16.5. The molecular weight excluding hydrogens is 268 g/mol. The van der Waals surface area contributed by atoms with Crippen molar-refractivity contribution in [2.24, 2.45) is 0 Å². The van der Waals surface area contributed by atoms with Gasteiger partial charge in [-0.3, -0.25) is 9.59 Å². The smallest absolute Gasteiger partial charge is 0.339 e. The maximum Gasteiger partial charge on any atom is 0.339 e. The monoisotopic (exact) mass is 282 g/mol. The average molecular weight is 282 g/mol. The summed E-state index contributed by atoms with van der Waals surface area (Å²) in [4.78, 5) is 32.0. The average Bonchev–Trinajstić information content (AvgIpc) is 2.37. The Bertz CT molecular complexity index is 522. The van der Waals surface area contributed by atoms with Crippen LogP contribution in [0, 0.1) is 0 Å². The van der Waals surface area contributed by atoms with Gasteiger partial charge in [0.15, 0.2) is 6.29 Å². The molecule has 0 saturated carbocycles. The molecule has 3 N–H and O–H groups in total. The van der Waals surface area contributed by atoms with Gasteiger partial charge in [0, 0.05) is 6.42 Å². The van der Waals surface area contributed by atoms with E-state index >= 15 is 0 Å². The first-order valence-corrected chi connectivity index (χ1v) is 5.86. The van der Waals surface area contributed by atoms with Crippen molar-refractivity contribution in [1.82, 2.24) is 0 Å². The van der Waals surface area contributed by atoms with E-state index in [4.69, 9.17) is 14.9 Å². The molecule has 0 heterocycles. The van der Waals surface area contributed by atoms with E-state index in [1.165, 1.54) is 6.07 Å². The lowest BCUT2D eigenvalue weighted by molar-refractivity contribution is -0.137. The molecule has 0 saturated heterocycles. The minimum atomic E-state index is -1.35. The molecule has 20 heavy (non-hydrogen) atoms. The molecule has 0 spiro atoms. The lowest BCUT2D eigenvalue weighted by Crippen LogP contribution is -2.04. The number of carboxylic acid groups (broad SMARTS) is 2. The third-order valence-electron chi connectivity index (χ3n) is 2.57. The van der Waals surface area contributed by atoms with Crippen molar-refractivity contribution in [2.45, 2.75) is 19.3 Å². The molecule has 0 aliphatic carbocycles. The molecule has 0 aromatic heterocycles. The van der Waals surface area contributed by atoms with E-state index in [-0.39, 0.29) is 29.9 Å². The molecule has 7 heteroatoms. The summed E-state index contributed by atoms with van der Waals surface area (Å²) in [5, 5.41) is 26.9. The highest BCUT2D eigenvalue weighted by molar-refractivity contribution is 5.96. The largest absolute Gasteiger partial charge is 0.506 e. The third kappa shape index (κ3) is 3.98.